The standard InChI is InChI=1S/C23H31N3O8/c1-5-32-21(27)12-24-23(28)26(14-17-7-6-8-33-17)13-16-11-18(34-25-16)15-9-19(29-2)22(31-4)20(10-15)30-3/h9-11,17H,5-8,12-14H2,1-4H3,(H,24,28)/t17-/m0/s1. The number of urea groups is 1. The van der Waals surface area contributed by atoms with Gasteiger partial charge in [0.25, 0.3) is 0 Å². The SMILES string of the molecule is CCOC(=O)CNC(=O)N(Cc1cc(-c2cc(OC)c(OC)c(OC)c2)on1)C[C@@H]1CCCO1. The minimum Gasteiger partial charge on any atom is -0.493 e. The predicted octanol–water partition coefficient (Wildman–Crippen LogP) is 2.62. The molecule has 2 aromatic rings. The highest BCUT2D eigenvalue weighted by atomic mass is 16.5. The molecule has 0 radical (unpaired) electrons. The molecule has 2 amide bonds. The molecule has 11 nitrogen and oxygen atoms in total. The van der Waals surface area contributed by atoms with E-state index in [2.05, 4.69) is 10.5 Å². The van der Waals surface area contributed by atoms with Crippen LogP contribution in [0.25, 0.3) is 11.3 Å². The summed E-state index contributed by atoms with van der Waals surface area (Å²) in [6.45, 7) is 2.93. The number of carbonyl (C=O) groups excluding carboxylic acids is 2. The molecule has 1 aromatic heterocycles. The summed E-state index contributed by atoms with van der Waals surface area (Å²) in [5, 5.41) is 6.72. The predicted molar refractivity (Wildman–Crippen MR) is 121 cm³/mol. The van der Waals surface area contributed by atoms with Gasteiger partial charge < -0.3 is 38.4 Å². The van der Waals surface area contributed by atoms with Gasteiger partial charge in [0.1, 0.15) is 12.2 Å². The lowest BCUT2D eigenvalue weighted by molar-refractivity contribution is -0.141. The largest absolute Gasteiger partial charge is 0.493 e. The molecule has 0 saturated carbocycles. The van der Waals surface area contributed by atoms with E-state index < -0.39 is 12.0 Å². The summed E-state index contributed by atoms with van der Waals surface area (Å²) in [4.78, 5) is 26.0. The Hall–Kier alpha value is -3.47. The van der Waals surface area contributed by atoms with E-state index in [-0.39, 0.29) is 25.8 Å². The number of benzene rings is 1. The Labute approximate surface area is 198 Å². The molecule has 0 unspecified atom stereocenters. The molecule has 1 N–H and O–H groups in total. The Morgan fingerprint density at radius 2 is 1.88 bits per heavy atom. The molecule has 3 rings (SSSR count). The number of rotatable bonds is 11. The van der Waals surface area contributed by atoms with Crippen LogP contribution in [-0.2, 0) is 20.8 Å². The Balaban J connectivity index is 1.76. The van der Waals surface area contributed by atoms with Gasteiger partial charge in [0.2, 0.25) is 5.75 Å². The van der Waals surface area contributed by atoms with Gasteiger partial charge in [-0.15, -0.1) is 0 Å². The second-order valence-corrected chi connectivity index (χ2v) is 7.58. The first-order valence-electron chi connectivity index (χ1n) is 11.0. The van der Waals surface area contributed by atoms with Gasteiger partial charge >= 0.3 is 12.0 Å². The fourth-order valence-corrected chi connectivity index (χ4v) is 3.67. The van der Waals surface area contributed by atoms with E-state index in [4.69, 9.17) is 28.2 Å². The monoisotopic (exact) mass is 477 g/mol. The summed E-state index contributed by atoms with van der Waals surface area (Å²) in [6, 6.07) is 4.83. The van der Waals surface area contributed by atoms with E-state index >= 15 is 0 Å². The number of ether oxygens (including phenoxy) is 5. The van der Waals surface area contributed by atoms with Gasteiger partial charge in [-0.1, -0.05) is 5.16 Å². The number of nitrogens with one attached hydrogen (secondary N) is 1. The summed E-state index contributed by atoms with van der Waals surface area (Å²) < 4.78 is 32.3. The lowest BCUT2D eigenvalue weighted by Crippen LogP contribution is -2.45. The third-order valence-electron chi connectivity index (χ3n) is 5.29. The summed E-state index contributed by atoms with van der Waals surface area (Å²) in [6.07, 6.45) is 1.73. The second kappa shape index (κ2) is 12.1. The van der Waals surface area contributed by atoms with Gasteiger partial charge in [-0.25, -0.2) is 4.79 Å². The zero-order valence-electron chi connectivity index (χ0n) is 19.9. The highest BCUT2D eigenvalue weighted by Crippen LogP contribution is 2.41. The molecule has 11 heteroatoms. The molecule has 1 aliphatic heterocycles. The molecule has 0 bridgehead atoms. The van der Waals surface area contributed by atoms with Crippen molar-refractivity contribution in [1.82, 2.24) is 15.4 Å². The summed E-state index contributed by atoms with van der Waals surface area (Å²) >= 11 is 0. The van der Waals surface area contributed by atoms with Gasteiger partial charge in [0.05, 0.1) is 40.6 Å². The number of carbonyl (C=O) groups is 2. The van der Waals surface area contributed by atoms with E-state index in [0.717, 1.165) is 12.8 Å². The molecule has 0 spiro atoms. The van der Waals surface area contributed by atoms with Gasteiger partial charge in [-0.05, 0) is 31.9 Å². The van der Waals surface area contributed by atoms with Crippen molar-refractivity contribution < 1.29 is 37.8 Å². The van der Waals surface area contributed by atoms with Gasteiger partial charge in [0.15, 0.2) is 17.3 Å². The van der Waals surface area contributed by atoms with Crippen molar-refractivity contribution in [2.24, 2.45) is 0 Å². The molecular formula is C23H31N3O8. The topological polar surface area (TPSA) is 122 Å². The Morgan fingerprint density at radius 1 is 1.15 bits per heavy atom. The van der Waals surface area contributed by atoms with Crippen molar-refractivity contribution in [3.05, 3.63) is 23.9 Å². The van der Waals surface area contributed by atoms with Crippen LogP contribution in [0, 0.1) is 0 Å². The third-order valence-corrected chi connectivity index (χ3v) is 5.29. The lowest BCUT2D eigenvalue weighted by atomic mass is 10.1. The molecule has 1 aliphatic rings. The molecule has 2 heterocycles. The van der Waals surface area contributed by atoms with Crippen LogP contribution in [0.4, 0.5) is 4.79 Å². The van der Waals surface area contributed by atoms with Crippen molar-refractivity contribution in [2.75, 3.05) is 47.6 Å². The summed E-state index contributed by atoms with van der Waals surface area (Å²) in [5.74, 6) is 1.40. The van der Waals surface area contributed by atoms with E-state index in [1.165, 1.54) is 21.3 Å². The second-order valence-electron chi connectivity index (χ2n) is 7.58. The van der Waals surface area contributed by atoms with Gasteiger partial charge in [-0.3, -0.25) is 4.79 Å². The normalized spacial score (nSPS) is 15.0. The number of esters is 1. The average Bonchev–Trinajstić information content (AvgIpc) is 3.53. The maximum Gasteiger partial charge on any atom is 0.325 e. The van der Waals surface area contributed by atoms with Gasteiger partial charge in [0, 0.05) is 24.8 Å². The number of aromatic nitrogens is 1. The number of amides is 2. The quantitative estimate of drug-likeness (QED) is 0.487. The van der Waals surface area contributed by atoms with Crippen LogP contribution >= 0.6 is 0 Å². The first-order valence-corrected chi connectivity index (χ1v) is 11.0. The number of nitrogens with zero attached hydrogens (tertiary/aromatic N) is 2. The number of hydrogen-bond acceptors (Lipinski definition) is 9. The fraction of sp³-hybridized carbons (Fsp3) is 0.522. The smallest absolute Gasteiger partial charge is 0.325 e. The highest BCUT2D eigenvalue weighted by molar-refractivity contribution is 5.81. The minimum absolute atomic E-state index is 0.0742. The van der Waals surface area contributed by atoms with Crippen LogP contribution in [0.3, 0.4) is 0 Å². The Morgan fingerprint density at radius 3 is 2.47 bits per heavy atom. The summed E-state index contributed by atoms with van der Waals surface area (Å²) in [5.41, 5.74) is 1.21. The fourth-order valence-electron chi connectivity index (χ4n) is 3.67. The molecule has 1 atom stereocenters. The van der Waals surface area contributed by atoms with Crippen LogP contribution < -0.4 is 19.5 Å². The zero-order valence-corrected chi connectivity index (χ0v) is 19.9. The van der Waals surface area contributed by atoms with E-state index in [1.807, 2.05) is 0 Å². The number of hydrogen-bond donors (Lipinski definition) is 1. The van der Waals surface area contributed by atoms with Gasteiger partial charge in [-0.2, -0.15) is 0 Å². The lowest BCUT2D eigenvalue weighted by Gasteiger charge is -2.24. The summed E-state index contributed by atoms with van der Waals surface area (Å²) in [7, 11) is 4.60. The molecule has 1 fully saturated rings. The Kier molecular flexibility index (Phi) is 8.97. The number of methoxy groups -OCH3 is 3. The van der Waals surface area contributed by atoms with Crippen LogP contribution in [0.5, 0.6) is 17.2 Å². The maximum atomic E-state index is 12.8. The molecule has 34 heavy (non-hydrogen) atoms. The molecular weight excluding hydrogens is 446 g/mol. The minimum atomic E-state index is -0.501. The van der Waals surface area contributed by atoms with E-state index in [0.29, 0.717) is 47.4 Å². The van der Waals surface area contributed by atoms with Crippen LogP contribution in [0.2, 0.25) is 0 Å². The maximum absolute atomic E-state index is 12.8. The Bertz CT molecular complexity index is 946. The van der Waals surface area contributed by atoms with Crippen LogP contribution in [-0.4, -0.2) is 75.8 Å². The first kappa shape index (κ1) is 25.2. The van der Waals surface area contributed by atoms with E-state index in [9.17, 15) is 9.59 Å². The molecule has 1 saturated heterocycles. The van der Waals surface area contributed by atoms with Crippen LogP contribution in [0.15, 0.2) is 22.7 Å². The molecule has 186 valence electrons. The van der Waals surface area contributed by atoms with E-state index in [1.54, 1.807) is 30.0 Å². The highest BCUT2D eigenvalue weighted by Gasteiger charge is 2.25. The molecule has 0 aliphatic carbocycles. The van der Waals surface area contributed by atoms with Crippen molar-refractivity contribution in [3.8, 4) is 28.6 Å². The average molecular weight is 478 g/mol. The third kappa shape index (κ3) is 6.31. The first-order chi connectivity index (χ1) is 16.5. The van der Waals surface area contributed by atoms with Crippen molar-refractivity contribution >= 4 is 12.0 Å². The molecule has 1 aromatic carbocycles. The van der Waals surface area contributed by atoms with Crippen LogP contribution in [0.1, 0.15) is 25.5 Å². The van der Waals surface area contributed by atoms with Crippen molar-refractivity contribution in [1.29, 1.82) is 0 Å². The van der Waals surface area contributed by atoms with Crippen molar-refractivity contribution in [2.45, 2.75) is 32.4 Å². The zero-order chi connectivity index (χ0) is 24.5. The van der Waals surface area contributed by atoms with Crippen molar-refractivity contribution in [3.63, 3.8) is 0 Å².